The summed E-state index contributed by atoms with van der Waals surface area (Å²) in [5.74, 6) is 1.43. The van der Waals surface area contributed by atoms with E-state index in [-0.39, 0.29) is 24.0 Å². The van der Waals surface area contributed by atoms with Gasteiger partial charge in [0.05, 0.1) is 19.8 Å². The fourth-order valence-electron chi connectivity index (χ4n) is 3.28. The van der Waals surface area contributed by atoms with E-state index in [1.54, 1.807) is 7.05 Å². The average Bonchev–Trinajstić information content (AvgIpc) is 2.80. The first-order chi connectivity index (χ1) is 14.8. The lowest BCUT2D eigenvalue weighted by atomic mass is 10.1. The van der Waals surface area contributed by atoms with Crippen LogP contribution in [0.15, 0.2) is 47.6 Å². The van der Waals surface area contributed by atoms with Gasteiger partial charge < -0.3 is 20.1 Å². The quantitative estimate of drug-likeness (QED) is 0.290. The second-order valence-electron chi connectivity index (χ2n) is 7.29. The zero-order valence-corrected chi connectivity index (χ0v) is 20.8. The molecule has 0 amide bonds. The molecule has 2 N–H and O–H groups in total. The molecule has 1 aliphatic rings. The first-order valence-corrected chi connectivity index (χ1v) is 10.7. The minimum Gasteiger partial charge on any atom is -0.478 e. The third-order valence-electron chi connectivity index (χ3n) is 5.00. The number of nitrogens with one attached hydrogen (secondary N) is 2. The lowest BCUT2D eigenvalue weighted by Crippen LogP contribution is -2.37. The molecule has 0 radical (unpaired) electrons. The number of morpholine rings is 1. The van der Waals surface area contributed by atoms with Crippen LogP contribution in [0.25, 0.3) is 0 Å². The normalized spacial score (nSPS) is 14.6. The summed E-state index contributed by atoms with van der Waals surface area (Å²) < 4.78 is 11.0. The molecule has 2 aromatic rings. The van der Waals surface area contributed by atoms with Crippen LogP contribution in [0.3, 0.4) is 0 Å². The van der Waals surface area contributed by atoms with Gasteiger partial charge in [-0.15, -0.1) is 24.0 Å². The Kier molecular flexibility index (Phi) is 11.6. The van der Waals surface area contributed by atoms with Crippen LogP contribution in [-0.2, 0) is 24.4 Å². The van der Waals surface area contributed by atoms with Gasteiger partial charge in [0.2, 0.25) is 5.88 Å². The molecule has 8 heteroatoms. The van der Waals surface area contributed by atoms with Crippen molar-refractivity contribution in [2.75, 3.05) is 40.0 Å². The molecule has 0 bridgehead atoms. The first-order valence-electron chi connectivity index (χ1n) is 10.7. The summed E-state index contributed by atoms with van der Waals surface area (Å²) in [6.07, 6.45) is 2.81. The van der Waals surface area contributed by atoms with E-state index >= 15 is 0 Å². The van der Waals surface area contributed by atoms with Gasteiger partial charge in [0, 0.05) is 52.0 Å². The summed E-state index contributed by atoms with van der Waals surface area (Å²) in [6, 6.07) is 12.5. The van der Waals surface area contributed by atoms with Crippen molar-refractivity contribution in [2.45, 2.75) is 33.0 Å². The Labute approximate surface area is 202 Å². The second kappa shape index (κ2) is 14.2. The highest BCUT2D eigenvalue weighted by atomic mass is 127. The zero-order valence-electron chi connectivity index (χ0n) is 18.5. The molecule has 1 aromatic carbocycles. The smallest absolute Gasteiger partial charge is 0.213 e. The van der Waals surface area contributed by atoms with Gasteiger partial charge in [0.25, 0.3) is 0 Å². The van der Waals surface area contributed by atoms with Crippen molar-refractivity contribution >= 4 is 29.9 Å². The Balaban J connectivity index is 0.00000341. The molecule has 1 aromatic heterocycles. The van der Waals surface area contributed by atoms with E-state index in [2.05, 4.69) is 56.7 Å². The minimum absolute atomic E-state index is 0. The summed E-state index contributed by atoms with van der Waals surface area (Å²) >= 11 is 0. The third-order valence-corrected chi connectivity index (χ3v) is 5.00. The lowest BCUT2D eigenvalue weighted by molar-refractivity contribution is 0.0341. The predicted octanol–water partition coefficient (Wildman–Crippen LogP) is 3.19. The third kappa shape index (κ3) is 8.62. The molecule has 1 fully saturated rings. The maximum Gasteiger partial charge on any atom is 0.213 e. The van der Waals surface area contributed by atoms with E-state index < -0.39 is 0 Å². The van der Waals surface area contributed by atoms with Gasteiger partial charge in [0.1, 0.15) is 0 Å². The summed E-state index contributed by atoms with van der Waals surface area (Å²) in [6.45, 7) is 8.70. The van der Waals surface area contributed by atoms with Crippen LogP contribution in [0, 0.1) is 0 Å². The maximum absolute atomic E-state index is 5.53. The summed E-state index contributed by atoms with van der Waals surface area (Å²) in [4.78, 5) is 11.1. The number of halogens is 1. The Morgan fingerprint density at radius 1 is 1.10 bits per heavy atom. The number of benzene rings is 1. The topological polar surface area (TPSA) is 71.0 Å². The molecule has 0 atom stereocenters. The number of nitrogens with zero attached hydrogens (tertiary/aromatic N) is 3. The number of aromatic nitrogens is 1. The molecule has 31 heavy (non-hydrogen) atoms. The Hall–Kier alpha value is -1.91. The van der Waals surface area contributed by atoms with Crippen molar-refractivity contribution in [3.8, 4) is 5.88 Å². The van der Waals surface area contributed by atoms with E-state index in [0.29, 0.717) is 19.0 Å². The molecule has 0 aliphatic carbocycles. The van der Waals surface area contributed by atoms with Crippen molar-refractivity contribution in [1.29, 1.82) is 0 Å². The van der Waals surface area contributed by atoms with Gasteiger partial charge in [-0.05, 0) is 23.1 Å². The molecule has 1 saturated heterocycles. The van der Waals surface area contributed by atoms with E-state index in [0.717, 1.165) is 57.3 Å². The van der Waals surface area contributed by atoms with Crippen molar-refractivity contribution in [2.24, 2.45) is 4.99 Å². The number of pyridine rings is 1. The molecular formula is C23H34IN5O2. The van der Waals surface area contributed by atoms with Crippen LogP contribution in [0.1, 0.15) is 30.0 Å². The van der Waals surface area contributed by atoms with Crippen LogP contribution >= 0.6 is 24.0 Å². The molecule has 7 nitrogen and oxygen atoms in total. The van der Waals surface area contributed by atoms with Crippen molar-refractivity contribution in [3.05, 3.63) is 59.3 Å². The van der Waals surface area contributed by atoms with Gasteiger partial charge in [-0.2, -0.15) is 0 Å². The van der Waals surface area contributed by atoms with E-state index in [1.807, 2.05) is 18.3 Å². The first kappa shape index (κ1) is 25.4. The Bertz CT molecular complexity index is 795. The van der Waals surface area contributed by atoms with E-state index in [9.17, 15) is 0 Å². The molecule has 2 heterocycles. The number of rotatable bonds is 9. The number of hydrogen-bond acceptors (Lipinski definition) is 5. The van der Waals surface area contributed by atoms with Crippen LogP contribution in [0.2, 0.25) is 0 Å². The molecule has 0 saturated carbocycles. The van der Waals surface area contributed by atoms with Crippen LogP contribution in [-0.4, -0.2) is 55.8 Å². The van der Waals surface area contributed by atoms with E-state index in [4.69, 9.17) is 9.47 Å². The summed E-state index contributed by atoms with van der Waals surface area (Å²) in [5.41, 5.74) is 3.70. The average molecular weight is 539 g/mol. The van der Waals surface area contributed by atoms with Crippen LogP contribution in [0.5, 0.6) is 5.88 Å². The molecule has 3 rings (SSSR count). The Morgan fingerprint density at radius 2 is 1.84 bits per heavy atom. The lowest BCUT2D eigenvalue weighted by Gasteiger charge is -2.27. The zero-order chi connectivity index (χ0) is 21.0. The molecule has 0 spiro atoms. The highest BCUT2D eigenvalue weighted by molar-refractivity contribution is 14.0. The SMILES string of the molecule is CCCOc1ccc(CNC(=NC)NCc2ccccc2CN2CCOCC2)cn1.I. The van der Waals surface area contributed by atoms with Crippen molar-refractivity contribution < 1.29 is 9.47 Å². The van der Waals surface area contributed by atoms with Crippen LogP contribution < -0.4 is 15.4 Å². The van der Waals surface area contributed by atoms with Gasteiger partial charge in [-0.25, -0.2) is 4.98 Å². The van der Waals surface area contributed by atoms with Gasteiger partial charge in [-0.1, -0.05) is 37.3 Å². The highest BCUT2D eigenvalue weighted by Gasteiger charge is 2.12. The van der Waals surface area contributed by atoms with Gasteiger partial charge >= 0.3 is 0 Å². The summed E-state index contributed by atoms with van der Waals surface area (Å²) in [5, 5.41) is 6.77. The highest BCUT2D eigenvalue weighted by Crippen LogP contribution is 2.13. The summed E-state index contributed by atoms with van der Waals surface area (Å²) in [7, 11) is 1.79. The fourth-order valence-corrected chi connectivity index (χ4v) is 3.28. The number of ether oxygens (including phenoxy) is 2. The predicted molar refractivity (Wildman–Crippen MR) is 135 cm³/mol. The fraction of sp³-hybridized carbons (Fsp3) is 0.478. The van der Waals surface area contributed by atoms with Crippen molar-refractivity contribution in [3.63, 3.8) is 0 Å². The molecular weight excluding hydrogens is 505 g/mol. The standard InChI is InChI=1S/C23H33N5O2.HI/c1-3-12-30-22-9-8-19(15-25-22)16-26-23(24-2)27-17-20-6-4-5-7-21(20)18-28-10-13-29-14-11-28;/h4-9,15H,3,10-14,16-18H2,1-2H3,(H2,24,26,27);1H. The van der Waals surface area contributed by atoms with E-state index in [1.165, 1.54) is 11.1 Å². The van der Waals surface area contributed by atoms with Gasteiger partial charge in [-0.3, -0.25) is 9.89 Å². The number of aliphatic imine (C=N–C) groups is 1. The number of guanidine groups is 1. The molecule has 170 valence electrons. The van der Waals surface area contributed by atoms with Gasteiger partial charge in [0.15, 0.2) is 5.96 Å². The molecule has 0 unspecified atom stereocenters. The maximum atomic E-state index is 5.53. The van der Waals surface area contributed by atoms with Crippen LogP contribution in [0.4, 0.5) is 0 Å². The Morgan fingerprint density at radius 3 is 2.52 bits per heavy atom. The monoisotopic (exact) mass is 539 g/mol. The second-order valence-corrected chi connectivity index (χ2v) is 7.29. The number of hydrogen-bond donors (Lipinski definition) is 2. The molecule has 1 aliphatic heterocycles. The minimum atomic E-state index is 0. The van der Waals surface area contributed by atoms with Crippen molar-refractivity contribution in [1.82, 2.24) is 20.5 Å². The largest absolute Gasteiger partial charge is 0.478 e.